The third-order valence-corrected chi connectivity index (χ3v) is 2.30. The molecule has 1 aliphatic heterocycles. The Labute approximate surface area is 73.5 Å². The first-order valence-corrected chi connectivity index (χ1v) is 4.55. The lowest BCUT2D eigenvalue weighted by molar-refractivity contribution is -0.130. The SMILES string of the molecule is CCCNC(=O)C1(C)CCOC1. The minimum absolute atomic E-state index is 0.141. The average molecular weight is 171 g/mol. The Morgan fingerprint density at radius 1 is 1.67 bits per heavy atom. The summed E-state index contributed by atoms with van der Waals surface area (Å²) in [7, 11) is 0. The van der Waals surface area contributed by atoms with E-state index in [1.54, 1.807) is 0 Å². The van der Waals surface area contributed by atoms with Crippen molar-refractivity contribution in [2.45, 2.75) is 26.7 Å². The summed E-state index contributed by atoms with van der Waals surface area (Å²) in [6.07, 6.45) is 1.84. The summed E-state index contributed by atoms with van der Waals surface area (Å²) in [6, 6.07) is 0. The number of amides is 1. The molecule has 1 rings (SSSR count). The fourth-order valence-corrected chi connectivity index (χ4v) is 1.30. The zero-order valence-corrected chi connectivity index (χ0v) is 7.85. The van der Waals surface area contributed by atoms with E-state index in [4.69, 9.17) is 4.74 Å². The van der Waals surface area contributed by atoms with Crippen molar-refractivity contribution in [3.8, 4) is 0 Å². The molecular weight excluding hydrogens is 154 g/mol. The molecule has 1 atom stereocenters. The predicted molar refractivity (Wildman–Crippen MR) is 46.8 cm³/mol. The van der Waals surface area contributed by atoms with Crippen molar-refractivity contribution in [3.05, 3.63) is 0 Å². The summed E-state index contributed by atoms with van der Waals surface area (Å²) in [5, 5.41) is 2.90. The summed E-state index contributed by atoms with van der Waals surface area (Å²) in [5.74, 6) is 0.141. The summed E-state index contributed by atoms with van der Waals surface area (Å²) < 4.78 is 5.20. The molecule has 1 aliphatic rings. The lowest BCUT2D eigenvalue weighted by atomic mass is 9.89. The Balaban J connectivity index is 2.39. The zero-order chi connectivity index (χ0) is 9.03. The van der Waals surface area contributed by atoms with Crippen LogP contribution >= 0.6 is 0 Å². The normalized spacial score (nSPS) is 28.8. The number of carbonyl (C=O) groups excluding carboxylic acids is 1. The fourth-order valence-electron chi connectivity index (χ4n) is 1.30. The summed E-state index contributed by atoms with van der Waals surface area (Å²) >= 11 is 0. The van der Waals surface area contributed by atoms with E-state index in [1.807, 2.05) is 13.8 Å². The van der Waals surface area contributed by atoms with E-state index < -0.39 is 0 Å². The minimum atomic E-state index is -0.269. The van der Waals surface area contributed by atoms with E-state index in [-0.39, 0.29) is 11.3 Å². The van der Waals surface area contributed by atoms with E-state index in [0.29, 0.717) is 6.61 Å². The van der Waals surface area contributed by atoms with Gasteiger partial charge in [-0.25, -0.2) is 0 Å². The molecule has 0 aromatic heterocycles. The number of ether oxygens (including phenoxy) is 1. The third kappa shape index (κ3) is 1.97. The average Bonchev–Trinajstić information content (AvgIpc) is 2.49. The van der Waals surface area contributed by atoms with Gasteiger partial charge in [0.05, 0.1) is 12.0 Å². The predicted octanol–water partition coefficient (Wildman–Crippen LogP) is 0.939. The van der Waals surface area contributed by atoms with Gasteiger partial charge in [0.15, 0.2) is 0 Å². The molecule has 1 fully saturated rings. The van der Waals surface area contributed by atoms with Crippen LogP contribution in [0.1, 0.15) is 26.7 Å². The van der Waals surface area contributed by atoms with Gasteiger partial charge in [-0.3, -0.25) is 4.79 Å². The Bertz CT molecular complexity index is 162. The monoisotopic (exact) mass is 171 g/mol. The summed E-state index contributed by atoms with van der Waals surface area (Å²) in [5.41, 5.74) is -0.269. The molecule has 3 nitrogen and oxygen atoms in total. The molecule has 70 valence electrons. The molecule has 0 bridgehead atoms. The van der Waals surface area contributed by atoms with Gasteiger partial charge in [-0.05, 0) is 19.8 Å². The van der Waals surface area contributed by atoms with Gasteiger partial charge in [0.25, 0.3) is 0 Å². The molecule has 1 unspecified atom stereocenters. The van der Waals surface area contributed by atoms with Gasteiger partial charge in [-0.15, -0.1) is 0 Å². The molecule has 1 saturated heterocycles. The Morgan fingerprint density at radius 3 is 2.92 bits per heavy atom. The van der Waals surface area contributed by atoms with Crippen LogP contribution in [-0.2, 0) is 9.53 Å². The van der Waals surface area contributed by atoms with Gasteiger partial charge in [-0.1, -0.05) is 6.92 Å². The van der Waals surface area contributed by atoms with Crippen molar-refractivity contribution in [3.63, 3.8) is 0 Å². The molecule has 0 spiro atoms. The van der Waals surface area contributed by atoms with Crippen LogP contribution in [0.25, 0.3) is 0 Å². The fraction of sp³-hybridized carbons (Fsp3) is 0.889. The number of nitrogens with one attached hydrogen (secondary N) is 1. The zero-order valence-electron chi connectivity index (χ0n) is 7.85. The van der Waals surface area contributed by atoms with Crippen molar-refractivity contribution in [2.24, 2.45) is 5.41 Å². The highest BCUT2D eigenvalue weighted by molar-refractivity contribution is 5.82. The Hall–Kier alpha value is -0.570. The molecule has 0 saturated carbocycles. The molecule has 1 N–H and O–H groups in total. The lowest BCUT2D eigenvalue weighted by Gasteiger charge is -2.20. The van der Waals surface area contributed by atoms with Crippen LogP contribution in [-0.4, -0.2) is 25.7 Å². The van der Waals surface area contributed by atoms with Gasteiger partial charge < -0.3 is 10.1 Å². The lowest BCUT2D eigenvalue weighted by Crippen LogP contribution is -2.39. The maximum absolute atomic E-state index is 11.5. The highest BCUT2D eigenvalue weighted by Gasteiger charge is 2.36. The molecule has 0 aliphatic carbocycles. The number of carbonyl (C=O) groups is 1. The van der Waals surface area contributed by atoms with Gasteiger partial charge in [0.1, 0.15) is 0 Å². The molecule has 0 aromatic rings. The van der Waals surface area contributed by atoms with Crippen LogP contribution in [0.15, 0.2) is 0 Å². The van der Waals surface area contributed by atoms with Crippen molar-refractivity contribution in [2.75, 3.05) is 19.8 Å². The standard InChI is InChI=1S/C9H17NO2/c1-3-5-10-8(11)9(2)4-6-12-7-9/h3-7H2,1-2H3,(H,10,11). The van der Waals surface area contributed by atoms with E-state index >= 15 is 0 Å². The van der Waals surface area contributed by atoms with Gasteiger partial charge >= 0.3 is 0 Å². The topological polar surface area (TPSA) is 38.3 Å². The second-order valence-corrected chi connectivity index (χ2v) is 3.62. The third-order valence-electron chi connectivity index (χ3n) is 2.30. The first kappa shape index (κ1) is 9.52. The molecule has 0 radical (unpaired) electrons. The molecule has 1 amide bonds. The maximum atomic E-state index is 11.5. The highest BCUT2D eigenvalue weighted by Crippen LogP contribution is 2.27. The second kappa shape index (κ2) is 3.90. The number of hydrogen-bond donors (Lipinski definition) is 1. The quantitative estimate of drug-likeness (QED) is 0.686. The number of hydrogen-bond acceptors (Lipinski definition) is 2. The van der Waals surface area contributed by atoms with Gasteiger partial charge in [-0.2, -0.15) is 0 Å². The van der Waals surface area contributed by atoms with Crippen molar-refractivity contribution in [1.29, 1.82) is 0 Å². The first-order valence-electron chi connectivity index (χ1n) is 4.55. The van der Waals surface area contributed by atoms with E-state index in [1.165, 1.54) is 0 Å². The van der Waals surface area contributed by atoms with E-state index in [0.717, 1.165) is 26.0 Å². The smallest absolute Gasteiger partial charge is 0.228 e. The first-order chi connectivity index (χ1) is 5.69. The van der Waals surface area contributed by atoms with Crippen molar-refractivity contribution < 1.29 is 9.53 Å². The van der Waals surface area contributed by atoms with Gasteiger partial charge in [0.2, 0.25) is 5.91 Å². The second-order valence-electron chi connectivity index (χ2n) is 3.62. The molecule has 12 heavy (non-hydrogen) atoms. The van der Waals surface area contributed by atoms with E-state index in [2.05, 4.69) is 5.32 Å². The number of rotatable bonds is 3. The van der Waals surface area contributed by atoms with Crippen LogP contribution in [0.4, 0.5) is 0 Å². The summed E-state index contributed by atoms with van der Waals surface area (Å²) in [6.45, 7) is 6.08. The highest BCUT2D eigenvalue weighted by atomic mass is 16.5. The van der Waals surface area contributed by atoms with Crippen LogP contribution in [0, 0.1) is 5.41 Å². The molecule has 0 aromatic carbocycles. The van der Waals surface area contributed by atoms with Crippen LogP contribution < -0.4 is 5.32 Å². The maximum Gasteiger partial charge on any atom is 0.228 e. The summed E-state index contributed by atoms with van der Waals surface area (Å²) in [4.78, 5) is 11.5. The molecule has 3 heteroatoms. The van der Waals surface area contributed by atoms with Crippen LogP contribution in [0.2, 0.25) is 0 Å². The van der Waals surface area contributed by atoms with Crippen LogP contribution in [0.3, 0.4) is 0 Å². The molecular formula is C9H17NO2. The van der Waals surface area contributed by atoms with Crippen molar-refractivity contribution >= 4 is 5.91 Å². The van der Waals surface area contributed by atoms with Gasteiger partial charge in [0, 0.05) is 13.2 Å². The largest absolute Gasteiger partial charge is 0.380 e. The van der Waals surface area contributed by atoms with Crippen molar-refractivity contribution in [1.82, 2.24) is 5.32 Å². The molecule has 1 heterocycles. The Kier molecular flexibility index (Phi) is 3.09. The van der Waals surface area contributed by atoms with Crippen LogP contribution in [0.5, 0.6) is 0 Å². The van der Waals surface area contributed by atoms with E-state index in [9.17, 15) is 4.79 Å². The minimum Gasteiger partial charge on any atom is -0.380 e. The Morgan fingerprint density at radius 2 is 2.42 bits per heavy atom.